The maximum absolute atomic E-state index is 11.0. The number of aliphatic imine (C=N–C) groups is 1. The zero-order valence-corrected chi connectivity index (χ0v) is 10.9. The van der Waals surface area contributed by atoms with Gasteiger partial charge in [0.2, 0.25) is 6.08 Å². The predicted molar refractivity (Wildman–Crippen MR) is 68.6 cm³/mol. The third-order valence-corrected chi connectivity index (χ3v) is 3.62. The van der Waals surface area contributed by atoms with E-state index in [1.165, 1.54) is 14.2 Å². The van der Waals surface area contributed by atoms with Crippen LogP contribution in [0.3, 0.4) is 0 Å². The Morgan fingerprint density at radius 1 is 1.26 bits per heavy atom. The molecular formula is C14H15NO4. The van der Waals surface area contributed by atoms with Crippen LogP contribution < -0.4 is 9.47 Å². The molecule has 19 heavy (non-hydrogen) atoms. The number of aldehydes is 1. The summed E-state index contributed by atoms with van der Waals surface area (Å²) in [5, 5.41) is 0. The van der Waals surface area contributed by atoms with Crippen molar-refractivity contribution < 1.29 is 19.1 Å². The third-order valence-electron chi connectivity index (χ3n) is 3.62. The number of methoxy groups -OCH3 is 2. The lowest BCUT2D eigenvalue weighted by Crippen LogP contribution is -2.32. The van der Waals surface area contributed by atoms with Crippen LogP contribution in [-0.2, 0) is 10.3 Å². The molecule has 1 saturated carbocycles. The normalized spacial score (nSPS) is 15.9. The van der Waals surface area contributed by atoms with Gasteiger partial charge in [-0.15, -0.1) is 0 Å². The predicted octanol–water partition coefficient (Wildman–Crippen LogP) is 2.23. The second kappa shape index (κ2) is 5.24. The number of carbonyl (C=O) groups is 1. The Labute approximate surface area is 111 Å². The molecule has 0 amide bonds. The van der Waals surface area contributed by atoms with Crippen molar-refractivity contribution in [3.8, 4) is 11.5 Å². The van der Waals surface area contributed by atoms with Gasteiger partial charge in [-0.05, 0) is 25.3 Å². The van der Waals surface area contributed by atoms with Crippen molar-refractivity contribution in [2.24, 2.45) is 4.99 Å². The second-order valence-corrected chi connectivity index (χ2v) is 4.47. The maximum atomic E-state index is 11.0. The van der Waals surface area contributed by atoms with Crippen molar-refractivity contribution in [2.75, 3.05) is 14.2 Å². The number of ether oxygens (including phenoxy) is 2. The number of hydrogen-bond acceptors (Lipinski definition) is 5. The molecule has 1 aliphatic carbocycles. The van der Waals surface area contributed by atoms with E-state index >= 15 is 0 Å². The highest BCUT2D eigenvalue weighted by Gasteiger charge is 2.42. The first kappa shape index (κ1) is 13.3. The molecule has 5 nitrogen and oxygen atoms in total. The standard InChI is InChI=1S/C14H15NO4/c1-18-12-10(8-16)4-5-11(13(12)19-2)14(15-9-17)6-3-7-14/h4-5,8H,3,6-7H2,1-2H3. The molecule has 0 aromatic heterocycles. The summed E-state index contributed by atoms with van der Waals surface area (Å²) < 4.78 is 10.6. The lowest BCUT2D eigenvalue weighted by molar-refractivity contribution is 0.111. The van der Waals surface area contributed by atoms with Gasteiger partial charge in [0.05, 0.1) is 19.8 Å². The molecule has 1 aliphatic rings. The van der Waals surface area contributed by atoms with E-state index in [0.29, 0.717) is 23.3 Å². The first-order chi connectivity index (χ1) is 9.22. The first-order valence-corrected chi connectivity index (χ1v) is 6.02. The van der Waals surface area contributed by atoms with E-state index in [0.717, 1.165) is 24.8 Å². The molecule has 0 atom stereocenters. The molecule has 0 spiro atoms. The van der Waals surface area contributed by atoms with Gasteiger partial charge in [0, 0.05) is 5.56 Å². The summed E-state index contributed by atoms with van der Waals surface area (Å²) in [7, 11) is 2.98. The molecule has 0 N–H and O–H groups in total. The summed E-state index contributed by atoms with van der Waals surface area (Å²) in [6.45, 7) is 0. The summed E-state index contributed by atoms with van der Waals surface area (Å²) in [5.74, 6) is 0.841. The molecule has 0 aliphatic heterocycles. The van der Waals surface area contributed by atoms with Gasteiger partial charge in [-0.25, -0.2) is 4.79 Å². The summed E-state index contributed by atoms with van der Waals surface area (Å²) in [6.07, 6.45) is 4.87. The van der Waals surface area contributed by atoms with Crippen molar-refractivity contribution in [3.63, 3.8) is 0 Å². The van der Waals surface area contributed by atoms with E-state index in [2.05, 4.69) is 4.99 Å². The van der Waals surface area contributed by atoms with Crippen LogP contribution in [0.15, 0.2) is 17.1 Å². The zero-order chi connectivity index (χ0) is 13.9. The Morgan fingerprint density at radius 2 is 1.95 bits per heavy atom. The molecule has 0 bridgehead atoms. The molecule has 100 valence electrons. The van der Waals surface area contributed by atoms with Crippen LogP contribution in [0.5, 0.6) is 11.5 Å². The van der Waals surface area contributed by atoms with Crippen LogP contribution in [0.1, 0.15) is 35.2 Å². The minimum Gasteiger partial charge on any atom is -0.492 e. The fourth-order valence-corrected chi connectivity index (χ4v) is 2.49. The SMILES string of the molecule is COc1c(C=O)ccc(C2(N=C=O)CCC2)c1OC. The molecule has 5 heteroatoms. The van der Waals surface area contributed by atoms with Gasteiger partial charge >= 0.3 is 0 Å². The van der Waals surface area contributed by atoms with Gasteiger partial charge < -0.3 is 9.47 Å². The minimum atomic E-state index is -0.582. The molecule has 0 saturated heterocycles. The summed E-state index contributed by atoms with van der Waals surface area (Å²) in [4.78, 5) is 25.6. The van der Waals surface area contributed by atoms with E-state index in [1.54, 1.807) is 18.2 Å². The number of rotatable bonds is 5. The Morgan fingerprint density at radius 3 is 2.37 bits per heavy atom. The van der Waals surface area contributed by atoms with Gasteiger partial charge in [0.1, 0.15) is 5.54 Å². The smallest absolute Gasteiger partial charge is 0.235 e. The van der Waals surface area contributed by atoms with Crippen LogP contribution in [-0.4, -0.2) is 26.6 Å². The Bertz CT molecular complexity index is 543. The Kier molecular flexibility index (Phi) is 3.67. The molecule has 1 aromatic rings. The van der Waals surface area contributed by atoms with Crippen molar-refractivity contribution in [2.45, 2.75) is 24.8 Å². The van der Waals surface area contributed by atoms with E-state index in [1.807, 2.05) is 0 Å². The summed E-state index contributed by atoms with van der Waals surface area (Å²) in [5.41, 5.74) is 0.599. The van der Waals surface area contributed by atoms with E-state index in [4.69, 9.17) is 9.47 Å². The zero-order valence-electron chi connectivity index (χ0n) is 10.9. The molecule has 0 heterocycles. The fourth-order valence-electron chi connectivity index (χ4n) is 2.49. The Hall–Kier alpha value is -2.13. The number of hydrogen-bond donors (Lipinski definition) is 0. The topological polar surface area (TPSA) is 65.0 Å². The quantitative estimate of drug-likeness (QED) is 0.463. The average Bonchev–Trinajstić information content (AvgIpc) is 2.41. The monoisotopic (exact) mass is 261 g/mol. The molecule has 0 unspecified atom stereocenters. The van der Waals surface area contributed by atoms with Crippen LogP contribution in [0.25, 0.3) is 0 Å². The van der Waals surface area contributed by atoms with Gasteiger partial charge in [0.15, 0.2) is 17.8 Å². The van der Waals surface area contributed by atoms with E-state index in [9.17, 15) is 9.59 Å². The van der Waals surface area contributed by atoms with Crippen molar-refractivity contribution in [3.05, 3.63) is 23.3 Å². The average molecular weight is 261 g/mol. The van der Waals surface area contributed by atoms with Crippen LogP contribution in [0.4, 0.5) is 0 Å². The number of benzene rings is 1. The van der Waals surface area contributed by atoms with Crippen LogP contribution >= 0.6 is 0 Å². The third kappa shape index (κ3) is 2.02. The summed E-state index contributed by atoms with van der Waals surface area (Å²) >= 11 is 0. The second-order valence-electron chi connectivity index (χ2n) is 4.47. The highest BCUT2D eigenvalue weighted by Crippen LogP contribution is 2.50. The molecular weight excluding hydrogens is 246 g/mol. The number of nitrogens with zero attached hydrogens (tertiary/aromatic N) is 1. The lowest BCUT2D eigenvalue weighted by Gasteiger charge is -2.38. The van der Waals surface area contributed by atoms with Crippen molar-refractivity contribution in [1.82, 2.24) is 0 Å². The van der Waals surface area contributed by atoms with Crippen LogP contribution in [0, 0.1) is 0 Å². The highest BCUT2D eigenvalue weighted by molar-refractivity contribution is 5.82. The largest absolute Gasteiger partial charge is 0.492 e. The van der Waals surface area contributed by atoms with Gasteiger partial charge in [0.25, 0.3) is 0 Å². The number of carbonyl (C=O) groups excluding carboxylic acids is 2. The maximum Gasteiger partial charge on any atom is 0.235 e. The number of isocyanates is 1. The van der Waals surface area contributed by atoms with Crippen LogP contribution in [0.2, 0.25) is 0 Å². The minimum absolute atomic E-state index is 0.377. The molecule has 1 aromatic carbocycles. The summed E-state index contributed by atoms with van der Waals surface area (Å²) in [6, 6.07) is 3.43. The van der Waals surface area contributed by atoms with Crippen molar-refractivity contribution >= 4 is 12.4 Å². The lowest BCUT2D eigenvalue weighted by atomic mass is 9.72. The van der Waals surface area contributed by atoms with Gasteiger partial charge in [-0.2, -0.15) is 4.99 Å². The molecule has 2 rings (SSSR count). The molecule has 1 fully saturated rings. The fraction of sp³-hybridized carbons (Fsp3) is 0.429. The van der Waals surface area contributed by atoms with Gasteiger partial charge in [-0.1, -0.05) is 6.07 Å². The highest BCUT2D eigenvalue weighted by atomic mass is 16.5. The molecule has 0 radical (unpaired) electrons. The van der Waals surface area contributed by atoms with E-state index in [-0.39, 0.29) is 0 Å². The first-order valence-electron chi connectivity index (χ1n) is 6.02. The van der Waals surface area contributed by atoms with E-state index < -0.39 is 5.54 Å². The Balaban J connectivity index is 2.63. The van der Waals surface area contributed by atoms with Crippen molar-refractivity contribution in [1.29, 1.82) is 0 Å². The van der Waals surface area contributed by atoms with Gasteiger partial charge in [-0.3, -0.25) is 4.79 Å².